The molecule has 2 aromatic rings. The van der Waals surface area contributed by atoms with E-state index in [1.165, 1.54) is 30.5 Å². The van der Waals surface area contributed by atoms with Crippen LogP contribution in [0.5, 0.6) is 0 Å². The van der Waals surface area contributed by atoms with E-state index in [1.54, 1.807) is 30.3 Å². The van der Waals surface area contributed by atoms with Gasteiger partial charge in [0.25, 0.3) is 5.91 Å². The van der Waals surface area contributed by atoms with Crippen molar-refractivity contribution in [1.82, 2.24) is 5.32 Å². The van der Waals surface area contributed by atoms with E-state index in [-0.39, 0.29) is 75.1 Å². The van der Waals surface area contributed by atoms with Crippen molar-refractivity contribution in [2.75, 3.05) is 0 Å². The topological polar surface area (TPSA) is 81.6 Å². The number of carbonyl (C=O) groups excluding carboxylic acids is 1. The van der Waals surface area contributed by atoms with Crippen LogP contribution in [-0.2, 0) is 0 Å². The molecule has 30 heavy (non-hydrogen) atoms. The average Bonchev–Trinajstić information content (AvgIpc) is 2.71. The van der Waals surface area contributed by atoms with Crippen LogP contribution in [0.25, 0.3) is 5.32 Å². The largest absolute Gasteiger partial charge is 1.00 e. The number of aliphatic imine (C=N–C) groups is 1. The molecule has 0 aromatic heterocycles. The van der Waals surface area contributed by atoms with Crippen LogP contribution in [0.4, 0.5) is 14.5 Å². The molecule has 0 unspecified atom stereocenters. The number of nitrogens with two attached hydrogens (primary N) is 1. The minimum Gasteiger partial charge on any atom is -0.495 e. The van der Waals surface area contributed by atoms with Crippen molar-refractivity contribution in [1.29, 1.82) is 0 Å². The third-order valence-electron chi connectivity index (χ3n) is 4.76. The van der Waals surface area contributed by atoms with Crippen LogP contribution in [-0.4, -0.2) is 24.2 Å². The van der Waals surface area contributed by atoms with E-state index < -0.39 is 11.6 Å². The van der Waals surface area contributed by atoms with Crippen molar-refractivity contribution >= 4 is 17.8 Å². The zero-order chi connectivity index (χ0) is 20.6. The zero-order valence-electron chi connectivity index (χ0n) is 16.9. The quantitative estimate of drug-likeness (QED) is 0.533. The minimum atomic E-state index is -0.430. The molecular formula is C22H23F2KN4O. The van der Waals surface area contributed by atoms with E-state index in [1.807, 2.05) is 0 Å². The van der Waals surface area contributed by atoms with Gasteiger partial charge in [-0.2, -0.15) is 0 Å². The van der Waals surface area contributed by atoms with Gasteiger partial charge in [0.1, 0.15) is 11.6 Å². The van der Waals surface area contributed by atoms with Gasteiger partial charge in [0.2, 0.25) is 0 Å². The van der Waals surface area contributed by atoms with Crippen LogP contribution in [0.3, 0.4) is 0 Å². The summed E-state index contributed by atoms with van der Waals surface area (Å²) in [6, 6.07) is 12.0. The molecule has 1 fully saturated rings. The van der Waals surface area contributed by atoms with Gasteiger partial charge in [-0.25, -0.2) is 8.78 Å². The van der Waals surface area contributed by atoms with Crippen molar-refractivity contribution < 1.29 is 65.0 Å². The van der Waals surface area contributed by atoms with Gasteiger partial charge >= 0.3 is 51.4 Å². The van der Waals surface area contributed by atoms with Crippen LogP contribution < -0.4 is 62.4 Å². The molecule has 0 bridgehead atoms. The van der Waals surface area contributed by atoms with Gasteiger partial charge in [-0.15, -0.1) is 0 Å². The Morgan fingerprint density at radius 1 is 1.10 bits per heavy atom. The van der Waals surface area contributed by atoms with Crippen molar-refractivity contribution in [3.63, 3.8) is 0 Å². The number of hydrogen-bond acceptors (Lipinski definition) is 3. The van der Waals surface area contributed by atoms with Crippen molar-refractivity contribution in [2.45, 2.75) is 37.8 Å². The number of amides is 1. The molecule has 1 amide bonds. The van der Waals surface area contributed by atoms with Crippen LogP contribution in [0.2, 0.25) is 0 Å². The number of carbonyl (C=O) groups is 1. The van der Waals surface area contributed by atoms with E-state index in [0.717, 1.165) is 25.7 Å². The van der Waals surface area contributed by atoms with Crippen molar-refractivity contribution in [2.24, 2.45) is 10.7 Å². The molecule has 2 aromatic carbocycles. The van der Waals surface area contributed by atoms with Gasteiger partial charge in [0.15, 0.2) is 0 Å². The zero-order valence-corrected chi connectivity index (χ0v) is 20.0. The second-order valence-electron chi connectivity index (χ2n) is 6.94. The first-order valence-electron chi connectivity index (χ1n) is 9.53. The Kier molecular flexibility index (Phi) is 10.1. The van der Waals surface area contributed by atoms with Crippen molar-refractivity contribution in [3.05, 3.63) is 82.9 Å². The summed E-state index contributed by atoms with van der Waals surface area (Å²) in [5.74, 6) is -0.766. The summed E-state index contributed by atoms with van der Waals surface area (Å²) in [6.45, 7) is 0. The molecule has 3 rings (SSSR count). The number of rotatable bonds is 6. The van der Waals surface area contributed by atoms with Gasteiger partial charge < -0.3 is 16.4 Å². The van der Waals surface area contributed by atoms with Crippen LogP contribution in [0.15, 0.2) is 65.4 Å². The van der Waals surface area contributed by atoms with Crippen LogP contribution in [0, 0.1) is 11.6 Å². The average molecular weight is 437 g/mol. The Morgan fingerprint density at radius 2 is 1.83 bits per heavy atom. The molecule has 0 aliphatic heterocycles. The van der Waals surface area contributed by atoms with E-state index in [2.05, 4.69) is 15.6 Å². The molecule has 152 valence electrons. The predicted octanol–water partition coefficient (Wildman–Crippen LogP) is 1.59. The summed E-state index contributed by atoms with van der Waals surface area (Å²) >= 11 is 0. The number of para-hydroxylation sites is 1. The normalized spacial score (nSPS) is 19.2. The number of benzene rings is 2. The monoisotopic (exact) mass is 436 g/mol. The molecule has 5 nitrogen and oxygen atoms in total. The number of allylic oxidation sites excluding steroid dienone is 1. The van der Waals surface area contributed by atoms with E-state index in [0.29, 0.717) is 11.4 Å². The smallest absolute Gasteiger partial charge is 0.495 e. The third-order valence-corrected chi connectivity index (χ3v) is 4.76. The van der Waals surface area contributed by atoms with Gasteiger partial charge in [0, 0.05) is 17.8 Å². The molecule has 1 aliphatic rings. The summed E-state index contributed by atoms with van der Waals surface area (Å²) < 4.78 is 26.8. The van der Waals surface area contributed by atoms with Gasteiger partial charge in [-0.3, -0.25) is 9.79 Å². The molecule has 0 radical (unpaired) electrons. The Balaban J connectivity index is 0.00000320. The Bertz CT molecular complexity index is 912. The maximum atomic E-state index is 13.5. The van der Waals surface area contributed by atoms with E-state index in [4.69, 9.17) is 5.73 Å². The number of nitrogens with one attached hydrogen (secondary N) is 1. The number of halogens is 2. The van der Waals surface area contributed by atoms with E-state index in [9.17, 15) is 13.6 Å². The molecular weight excluding hydrogens is 413 g/mol. The minimum absolute atomic E-state index is 0. The molecule has 0 atom stereocenters. The summed E-state index contributed by atoms with van der Waals surface area (Å²) in [5, 5.41) is 7.41. The maximum absolute atomic E-state index is 13.5. The summed E-state index contributed by atoms with van der Waals surface area (Å²) in [7, 11) is 0. The standard InChI is InChI=1S/C22H24F2N4O.K/c23-16-5-3-4-15(14-16)22(29)28-18-10-8-17(9-11-18)27-21(25)12-13-26-20-7-2-1-6-19(20)24;/h1-7,12-14,17-18H,8-11H2,(H4,25,26,27,28,29);/q;+1/p-1. The van der Waals surface area contributed by atoms with Gasteiger partial charge in [-0.1, -0.05) is 24.0 Å². The van der Waals surface area contributed by atoms with Gasteiger partial charge in [-0.05, 0) is 68.1 Å². The number of hydrogen-bond donors (Lipinski definition) is 2. The summed E-state index contributed by atoms with van der Waals surface area (Å²) in [5.41, 5.74) is 6.48. The molecule has 1 aliphatic carbocycles. The van der Waals surface area contributed by atoms with Crippen LogP contribution >= 0.6 is 0 Å². The van der Waals surface area contributed by atoms with Crippen LogP contribution in [0.1, 0.15) is 36.0 Å². The molecule has 0 heterocycles. The fraction of sp³-hybridized carbons (Fsp3) is 0.273. The van der Waals surface area contributed by atoms with E-state index >= 15 is 0 Å². The molecule has 1 saturated carbocycles. The molecule has 0 spiro atoms. The summed E-state index contributed by atoms with van der Waals surface area (Å²) in [4.78, 5) is 16.2. The predicted molar refractivity (Wildman–Crippen MR) is 110 cm³/mol. The Morgan fingerprint density at radius 3 is 2.53 bits per heavy atom. The first-order chi connectivity index (χ1) is 14.0. The fourth-order valence-corrected chi connectivity index (χ4v) is 3.25. The SMILES string of the molecule is N/C(=C\C=Nc1ccccc1F)[N-]C1CCC(NC(=O)c2cccc(F)c2)CC1.[K+]. The molecule has 8 heteroatoms. The summed E-state index contributed by atoms with van der Waals surface area (Å²) in [6.07, 6.45) is 6.09. The molecule has 0 saturated heterocycles. The first kappa shape index (κ1) is 24.7. The Hall–Kier alpha value is -1.58. The number of nitrogens with zero attached hydrogens (tertiary/aromatic N) is 2. The first-order valence-corrected chi connectivity index (χ1v) is 9.53. The Labute approximate surface area is 217 Å². The second-order valence-corrected chi connectivity index (χ2v) is 6.94. The second kappa shape index (κ2) is 12.3. The third kappa shape index (κ3) is 7.59. The maximum Gasteiger partial charge on any atom is 1.00 e. The van der Waals surface area contributed by atoms with Crippen molar-refractivity contribution in [3.8, 4) is 0 Å². The molecule has 3 N–H and O–H groups in total. The van der Waals surface area contributed by atoms with Gasteiger partial charge in [0.05, 0.1) is 5.69 Å². The fourth-order valence-electron chi connectivity index (χ4n) is 3.25.